The molecule has 22 heavy (non-hydrogen) atoms. The Morgan fingerprint density at radius 2 is 1.95 bits per heavy atom. The van der Waals surface area contributed by atoms with Crippen LogP contribution in [0, 0.1) is 0 Å². The highest BCUT2D eigenvalue weighted by Gasteiger charge is 2.20. The Morgan fingerprint density at radius 3 is 2.64 bits per heavy atom. The normalized spacial score (nSPS) is 10.6. The van der Waals surface area contributed by atoms with Crippen LogP contribution in [-0.4, -0.2) is 28.2 Å². The van der Waals surface area contributed by atoms with E-state index in [9.17, 15) is 14.7 Å². The summed E-state index contributed by atoms with van der Waals surface area (Å²) in [6.45, 7) is 0. The van der Waals surface area contributed by atoms with E-state index in [4.69, 9.17) is 0 Å². The summed E-state index contributed by atoms with van der Waals surface area (Å²) in [7, 11) is 1.16. The number of benzene rings is 1. The highest BCUT2D eigenvalue weighted by atomic mass is 32.1. The van der Waals surface area contributed by atoms with Gasteiger partial charge in [-0.1, -0.05) is 17.4 Å². The maximum atomic E-state index is 12.0. The molecule has 0 spiro atoms. The molecule has 3 aromatic rings. The zero-order valence-electron chi connectivity index (χ0n) is 11.4. The lowest BCUT2D eigenvalue weighted by Gasteiger charge is -2.07. The topological polar surface area (TPSA) is 89.4 Å². The van der Waals surface area contributed by atoms with Crippen LogP contribution in [-0.2, 0) is 4.74 Å². The molecule has 6 nitrogen and oxygen atoms in total. The van der Waals surface area contributed by atoms with Crippen molar-refractivity contribution in [2.45, 2.75) is 0 Å². The number of hydrogen-bond acceptors (Lipinski definition) is 7. The molecule has 0 radical (unpaired) electrons. The average molecular weight is 314 g/mol. The molecule has 1 N–H and O–H groups in total. The fourth-order valence-corrected chi connectivity index (χ4v) is 3.04. The lowest BCUT2D eigenvalue weighted by atomic mass is 10.1. The zero-order valence-corrected chi connectivity index (χ0v) is 12.3. The highest BCUT2D eigenvalue weighted by Crippen LogP contribution is 2.32. The van der Waals surface area contributed by atoms with Gasteiger partial charge < -0.3 is 9.84 Å². The lowest BCUT2D eigenvalue weighted by molar-refractivity contribution is 0.0597. The van der Waals surface area contributed by atoms with E-state index in [1.165, 1.54) is 6.33 Å². The molecule has 2 aromatic heterocycles. The van der Waals surface area contributed by atoms with Gasteiger partial charge in [0.2, 0.25) is 0 Å². The standard InChI is InChI=1S/C15H10N2O4S/c1-21-14(19)12-13(18)10-3-2-8(4-11(10)22-15(12)20)9-5-16-7-17-6-9/h2-7,18H,1H3. The third kappa shape index (κ3) is 2.31. The monoisotopic (exact) mass is 314 g/mol. The molecule has 0 fully saturated rings. The number of hydrogen-bond donors (Lipinski definition) is 1. The van der Waals surface area contributed by atoms with E-state index >= 15 is 0 Å². The van der Waals surface area contributed by atoms with E-state index in [1.807, 2.05) is 0 Å². The van der Waals surface area contributed by atoms with Crippen LogP contribution in [0.4, 0.5) is 0 Å². The molecule has 3 rings (SSSR count). The first-order valence-corrected chi connectivity index (χ1v) is 7.07. The fraction of sp³-hybridized carbons (Fsp3) is 0.0667. The molecule has 0 aliphatic heterocycles. The number of nitrogens with zero attached hydrogens (tertiary/aromatic N) is 2. The second-order valence-electron chi connectivity index (χ2n) is 4.44. The fourth-order valence-electron chi connectivity index (χ4n) is 2.09. The average Bonchev–Trinajstić information content (AvgIpc) is 2.55. The summed E-state index contributed by atoms with van der Waals surface area (Å²) < 4.78 is 4.55. The first-order valence-electron chi connectivity index (χ1n) is 6.25. The number of aromatic hydroxyl groups is 1. The molecular formula is C15H10N2O4S. The molecule has 7 heteroatoms. The van der Waals surface area contributed by atoms with Gasteiger partial charge in [-0.15, -0.1) is 0 Å². The van der Waals surface area contributed by atoms with Crippen LogP contribution in [0.15, 0.2) is 41.7 Å². The van der Waals surface area contributed by atoms with Gasteiger partial charge in [-0.25, -0.2) is 14.8 Å². The van der Waals surface area contributed by atoms with Gasteiger partial charge in [-0.3, -0.25) is 4.79 Å². The van der Waals surface area contributed by atoms with Crippen molar-refractivity contribution in [3.63, 3.8) is 0 Å². The maximum absolute atomic E-state index is 12.0. The van der Waals surface area contributed by atoms with Crippen molar-refractivity contribution >= 4 is 27.4 Å². The van der Waals surface area contributed by atoms with Crippen LogP contribution in [0.25, 0.3) is 21.2 Å². The number of carbonyl (C=O) groups excluding carboxylic acids is 1. The molecule has 0 amide bonds. The van der Waals surface area contributed by atoms with Crippen LogP contribution in [0.1, 0.15) is 10.4 Å². The predicted molar refractivity (Wildman–Crippen MR) is 82.1 cm³/mol. The third-order valence-electron chi connectivity index (χ3n) is 3.16. The Morgan fingerprint density at radius 1 is 1.23 bits per heavy atom. The van der Waals surface area contributed by atoms with Gasteiger partial charge in [0.15, 0.2) is 5.56 Å². The van der Waals surface area contributed by atoms with E-state index in [0.29, 0.717) is 10.1 Å². The van der Waals surface area contributed by atoms with Crippen molar-refractivity contribution in [2.75, 3.05) is 7.11 Å². The van der Waals surface area contributed by atoms with Gasteiger partial charge in [0.25, 0.3) is 4.74 Å². The summed E-state index contributed by atoms with van der Waals surface area (Å²) in [5, 5.41) is 10.6. The van der Waals surface area contributed by atoms with Crippen LogP contribution in [0.2, 0.25) is 0 Å². The summed E-state index contributed by atoms with van der Waals surface area (Å²) in [5.74, 6) is -1.21. The number of aromatic nitrogens is 2. The van der Waals surface area contributed by atoms with E-state index < -0.39 is 10.7 Å². The molecule has 0 unspecified atom stereocenters. The number of esters is 1. The van der Waals surface area contributed by atoms with Crippen molar-refractivity contribution in [3.8, 4) is 16.9 Å². The Kier molecular flexibility index (Phi) is 3.56. The van der Waals surface area contributed by atoms with E-state index in [0.717, 1.165) is 29.6 Å². The van der Waals surface area contributed by atoms with Crippen LogP contribution >= 0.6 is 11.3 Å². The second kappa shape index (κ2) is 5.53. The lowest BCUT2D eigenvalue weighted by Crippen LogP contribution is -2.13. The minimum absolute atomic E-state index is 0.337. The zero-order chi connectivity index (χ0) is 15.7. The van der Waals surface area contributed by atoms with Crippen molar-refractivity contribution in [2.24, 2.45) is 0 Å². The minimum Gasteiger partial charge on any atom is -0.506 e. The maximum Gasteiger partial charge on any atom is 0.346 e. The minimum atomic E-state index is -0.846. The van der Waals surface area contributed by atoms with Crippen molar-refractivity contribution in [3.05, 3.63) is 52.0 Å². The molecule has 0 aliphatic carbocycles. The van der Waals surface area contributed by atoms with Crippen molar-refractivity contribution < 1.29 is 14.6 Å². The number of carbonyl (C=O) groups is 1. The quantitative estimate of drug-likeness (QED) is 0.729. The van der Waals surface area contributed by atoms with E-state index in [1.54, 1.807) is 30.6 Å². The number of rotatable bonds is 2. The molecule has 0 saturated heterocycles. The Bertz CT molecular complexity index is 922. The molecule has 110 valence electrons. The summed E-state index contributed by atoms with van der Waals surface area (Å²) in [6.07, 6.45) is 4.73. The SMILES string of the molecule is COC(=O)c1c(O)c2ccc(-c3cncnc3)cc2sc1=O. The van der Waals surface area contributed by atoms with Crippen LogP contribution < -0.4 is 4.74 Å². The molecular weight excluding hydrogens is 304 g/mol. The molecule has 0 atom stereocenters. The summed E-state index contributed by atoms with van der Waals surface area (Å²) in [4.78, 5) is 31.5. The third-order valence-corrected chi connectivity index (χ3v) is 4.11. The summed E-state index contributed by atoms with van der Waals surface area (Å²) in [5.41, 5.74) is 1.27. The molecule has 0 saturated carbocycles. The van der Waals surface area contributed by atoms with Crippen LogP contribution in [0.3, 0.4) is 0 Å². The largest absolute Gasteiger partial charge is 0.506 e. The Hall–Kier alpha value is -2.80. The number of ether oxygens (including phenoxy) is 1. The van der Waals surface area contributed by atoms with Gasteiger partial charge in [0, 0.05) is 28.0 Å². The highest BCUT2D eigenvalue weighted by molar-refractivity contribution is 7.16. The van der Waals surface area contributed by atoms with Crippen LogP contribution in [0.5, 0.6) is 5.75 Å². The van der Waals surface area contributed by atoms with Crippen molar-refractivity contribution in [1.82, 2.24) is 9.97 Å². The first-order chi connectivity index (χ1) is 10.6. The van der Waals surface area contributed by atoms with Gasteiger partial charge in [-0.05, 0) is 17.7 Å². The summed E-state index contributed by atoms with van der Waals surface area (Å²) in [6, 6.07) is 5.16. The molecule has 2 heterocycles. The number of methoxy groups -OCH3 is 1. The smallest absolute Gasteiger partial charge is 0.346 e. The first kappa shape index (κ1) is 14.2. The number of fused-ring (bicyclic) bond motifs is 1. The molecule has 0 bridgehead atoms. The second-order valence-corrected chi connectivity index (χ2v) is 5.46. The van der Waals surface area contributed by atoms with Gasteiger partial charge in [0.05, 0.1) is 7.11 Å². The Balaban J connectivity index is 2.24. The van der Waals surface area contributed by atoms with E-state index in [2.05, 4.69) is 14.7 Å². The Labute approximate surface area is 128 Å². The molecule has 0 aliphatic rings. The summed E-state index contributed by atoms with van der Waals surface area (Å²) >= 11 is 0.878. The predicted octanol–water partition coefficient (Wildman–Crippen LogP) is 2.21. The van der Waals surface area contributed by atoms with Gasteiger partial charge >= 0.3 is 5.97 Å². The van der Waals surface area contributed by atoms with E-state index in [-0.39, 0.29) is 11.3 Å². The van der Waals surface area contributed by atoms with Gasteiger partial charge in [0.1, 0.15) is 12.1 Å². The van der Waals surface area contributed by atoms with Crippen molar-refractivity contribution in [1.29, 1.82) is 0 Å². The van der Waals surface area contributed by atoms with Gasteiger partial charge in [-0.2, -0.15) is 0 Å². The molecule has 1 aromatic carbocycles.